The highest BCUT2D eigenvalue weighted by molar-refractivity contribution is 6.36. The first-order valence-corrected chi connectivity index (χ1v) is 10.4. The van der Waals surface area contributed by atoms with Crippen LogP contribution in [0.1, 0.15) is 37.5 Å². The molecule has 0 radical (unpaired) electrons. The number of nitro groups is 1. The molecule has 4 rings (SSSR count). The van der Waals surface area contributed by atoms with E-state index < -0.39 is 4.92 Å². The zero-order valence-corrected chi connectivity index (χ0v) is 18.6. The minimum Gasteiger partial charge on any atom is -0.450 e. The first kappa shape index (κ1) is 21.6. The van der Waals surface area contributed by atoms with Crippen LogP contribution in [-0.4, -0.2) is 10.8 Å². The number of fused-ring (bicyclic) bond motifs is 1. The third kappa shape index (κ3) is 4.36. The van der Waals surface area contributed by atoms with Crippen molar-refractivity contribution >= 4 is 40.5 Å². The molecule has 0 unspecified atom stereocenters. The van der Waals surface area contributed by atoms with Crippen LogP contribution in [-0.2, 0) is 10.2 Å². The molecule has 6 nitrogen and oxygen atoms in total. The number of nitrogens with one attached hydrogen (secondary N) is 1. The number of halogens is 1. The maximum atomic E-state index is 12.4. The van der Waals surface area contributed by atoms with Gasteiger partial charge in [-0.3, -0.25) is 14.9 Å². The van der Waals surface area contributed by atoms with E-state index in [0.29, 0.717) is 33.2 Å². The van der Waals surface area contributed by atoms with Crippen molar-refractivity contribution in [1.82, 2.24) is 0 Å². The molecule has 3 aromatic carbocycles. The number of hydrogen-bond acceptors (Lipinski definition) is 4. The number of benzene rings is 3. The molecule has 162 valence electrons. The van der Waals surface area contributed by atoms with Crippen LogP contribution in [0.25, 0.3) is 11.6 Å². The molecule has 0 atom stereocenters. The van der Waals surface area contributed by atoms with Crippen LogP contribution in [0.3, 0.4) is 0 Å². The molecule has 3 aromatic rings. The Morgan fingerprint density at radius 2 is 1.75 bits per heavy atom. The lowest BCUT2D eigenvalue weighted by Gasteiger charge is -2.19. The maximum absolute atomic E-state index is 12.4. The van der Waals surface area contributed by atoms with Crippen molar-refractivity contribution in [3.8, 4) is 11.5 Å². The van der Waals surface area contributed by atoms with Crippen LogP contribution in [0.15, 0.2) is 60.7 Å². The molecule has 1 heterocycles. The second kappa shape index (κ2) is 8.13. The van der Waals surface area contributed by atoms with Gasteiger partial charge in [-0.05, 0) is 52.9 Å². The number of carbonyl (C=O) groups is 1. The van der Waals surface area contributed by atoms with Gasteiger partial charge >= 0.3 is 5.69 Å². The molecule has 1 amide bonds. The lowest BCUT2D eigenvalue weighted by Crippen LogP contribution is -2.10. The average molecular weight is 449 g/mol. The molecule has 0 spiro atoms. The molecule has 0 saturated carbocycles. The number of ether oxygens (including phenoxy) is 1. The monoisotopic (exact) mass is 448 g/mol. The minimum atomic E-state index is -0.497. The Kier molecular flexibility index (Phi) is 5.48. The van der Waals surface area contributed by atoms with Crippen LogP contribution in [0.4, 0.5) is 11.4 Å². The van der Waals surface area contributed by atoms with E-state index in [4.69, 9.17) is 16.3 Å². The van der Waals surface area contributed by atoms with Crippen LogP contribution < -0.4 is 10.1 Å². The average Bonchev–Trinajstić information content (AvgIpc) is 3.02. The van der Waals surface area contributed by atoms with E-state index in [2.05, 4.69) is 26.1 Å². The summed E-state index contributed by atoms with van der Waals surface area (Å²) < 4.78 is 5.80. The third-order valence-electron chi connectivity index (χ3n) is 5.20. The lowest BCUT2D eigenvalue weighted by atomic mass is 9.87. The number of rotatable bonds is 4. The standard InChI is InChI=1S/C25H21ClN2O4/c1-25(2,3)16-5-8-18(9-6-16)32-23-11-4-15(13-22(23)28(30)31)12-20-19-10-7-17(26)14-21(19)27-24(20)29/h4-14H,1-3H3,(H,27,29)/b20-12+. The Balaban J connectivity index is 1.65. The predicted molar refractivity (Wildman–Crippen MR) is 126 cm³/mol. The predicted octanol–water partition coefficient (Wildman–Crippen LogP) is 6.83. The van der Waals surface area contributed by atoms with Crippen molar-refractivity contribution in [3.63, 3.8) is 0 Å². The summed E-state index contributed by atoms with van der Waals surface area (Å²) in [7, 11) is 0. The highest BCUT2D eigenvalue weighted by atomic mass is 35.5. The van der Waals surface area contributed by atoms with E-state index in [1.165, 1.54) is 12.1 Å². The zero-order chi connectivity index (χ0) is 23.0. The Labute approximate surface area is 190 Å². The topological polar surface area (TPSA) is 81.5 Å². The Morgan fingerprint density at radius 1 is 1.03 bits per heavy atom. The molecule has 1 N–H and O–H groups in total. The molecule has 7 heteroatoms. The van der Waals surface area contributed by atoms with Crippen LogP contribution in [0.5, 0.6) is 11.5 Å². The third-order valence-corrected chi connectivity index (χ3v) is 5.44. The van der Waals surface area contributed by atoms with Gasteiger partial charge in [-0.25, -0.2) is 0 Å². The number of carbonyl (C=O) groups excluding carboxylic acids is 1. The molecule has 0 saturated heterocycles. The summed E-state index contributed by atoms with van der Waals surface area (Å²) in [6, 6.07) is 17.2. The van der Waals surface area contributed by atoms with E-state index in [-0.39, 0.29) is 22.8 Å². The van der Waals surface area contributed by atoms with Gasteiger partial charge in [0.15, 0.2) is 0 Å². The fraction of sp³-hybridized carbons (Fsp3) is 0.160. The van der Waals surface area contributed by atoms with Gasteiger partial charge in [0, 0.05) is 22.2 Å². The maximum Gasteiger partial charge on any atom is 0.312 e. The first-order valence-electron chi connectivity index (χ1n) is 10.0. The van der Waals surface area contributed by atoms with Crippen LogP contribution in [0.2, 0.25) is 5.02 Å². The minimum absolute atomic E-state index is 0.00381. The number of hydrogen-bond donors (Lipinski definition) is 1. The fourth-order valence-corrected chi connectivity index (χ4v) is 3.65. The van der Waals surface area contributed by atoms with Crippen molar-refractivity contribution in [2.75, 3.05) is 5.32 Å². The van der Waals surface area contributed by atoms with Crippen molar-refractivity contribution in [1.29, 1.82) is 0 Å². The molecule has 0 bridgehead atoms. The molecule has 32 heavy (non-hydrogen) atoms. The zero-order valence-electron chi connectivity index (χ0n) is 17.8. The summed E-state index contributed by atoms with van der Waals surface area (Å²) in [5.41, 5.74) is 3.18. The molecule has 1 aliphatic rings. The summed E-state index contributed by atoms with van der Waals surface area (Å²) in [6.45, 7) is 6.33. The smallest absolute Gasteiger partial charge is 0.312 e. The first-order chi connectivity index (χ1) is 15.1. The normalized spacial score (nSPS) is 14.2. The molecule has 0 aromatic heterocycles. The molecular formula is C25H21ClN2O4. The van der Waals surface area contributed by atoms with Gasteiger partial charge in [0.25, 0.3) is 5.91 Å². The number of amides is 1. The van der Waals surface area contributed by atoms with Crippen molar-refractivity contribution in [2.45, 2.75) is 26.2 Å². The van der Waals surface area contributed by atoms with E-state index >= 15 is 0 Å². The Hall–Kier alpha value is -3.64. The van der Waals surface area contributed by atoms with Gasteiger partial charge in [0.1, 0.15) is 5.75 Å². The summed E-state index contributed by atoms with van der Waals surface area (Å²) in [4.78, 5) is 23.6. The van der Waals surface area contributed by atoms with Gasteiger partial charge in [-0.1, -0.05) is 56.6 Å². The Bertz CT molecular complexity index is 1260. The number of anilines is 1. The van der Waals surface area contributed by atoms with E-state index in [1.807, 2.05) is 12.1 Å². The Morgan fingerprint density at radius 3 is 2.41 bits per heavy atom. The molecule has 0 aliphatic carbocycles. The van der Waals surface area contributed by atoms with Gasteiger partial charge in [0.2, 0.25) is 5.75 Å². The summed E-state index contributed by atoms with van der Waals surface area (Å²) in [5.74, 6) is 0.348. The van der Waals surface area contributed by atoms with Crippen LogP contribution in [0, 0.1) is 10.1 Å². The fourth-order valence-electron chi connectivity index (χ4n) is 3.48. The number of nitro benzene ring substituents is 1. The molecular weight excluding hydrogens is 428 g/mol. The highest BCUT2D eigenvalue weighted by Gasteiger charge is 2.25. The SMILES string of the molecule is CC(C)(C)c1ccc(Oc2ccc(/C=C3/C(=O)Nc4cc(Cl)ccc43)cc2[N+](=O)[O-])cc1. The lowest BCUT2D eigenvalue weighted by molar-refractivity contribution is -0.385. The number of nitrogens with zero attached hydrogens (tertiary/aromatic N) is 1. The summed E-state index contributed by atoms with van der Waals surface area (Å²) >= 11 is 5.99. The van der Waals surface area contributed by atoms with Crippen LogP contribution >= 0.6 is 11.6 Å². The van der Waals surface area contributed by atoms with E-state index in [9.17, 15) is 14.9 Å². The van der Waals surface area contributed by atoms with Crippen molar-refractivity contribution < 1.29 is 14.5 Å². The largest absolute Gasteiger partial charge is 0.450 e. The van der Waals surface area contributed by atoms with Gasteiger partial charge in [-0.15, -0.1) is 0 Å². The second-order valence-electron chi connectivity index (χ2n) is 8.56. The quantitative estimate of drug-likeness (QED) is 0.269. The van der Waals surface area contributed by atoms with Gasteiger partial charge in [-0.2, -0.15) is 0 Å². The van der Waals surface area contributed by atoms with Crippen molar-refractivity contribution in [3.05, 3.63) is 92.5 Å². The summed E-state index contributed by atoms with van der Waals surface area (Å²) in [6.07, 6.45) is 1.62. The van der Waals surface area contributed by atoms with Gasteiger partial charge in [0.05, 0.1) is 10.6 Å². The van der Waals surface area contributed by atoms with Crippen molar-refractivity contribution in [2.24, 2.45) is 0 Å². The summed E-state index contributed by atoms with van der Waals surface area (Å²) in [5, 5.41) is 15.0. The molecule has 1 aliphatic heterocycles. The van der Waals surface area contributed by atoms with E-state index in [1.54, 1.807) is 42.5 Å². The second-order valence-corrected chi connectivity index (χ2v) is 9.00. The van der Waals surface area contributed by atoms with E-state index in [0.717, 1.165) is 5.56 Å². The highest BCUT2D eigenvalue weighted by Crippen LogP contribution is 2.37. The van der Waals surface area contributed by atoms with Gasteiger partial charge < -0.3 is 10.1 Å². The molecule has 0 fully saturated rings.